The molecule has 3 rings (SSSR count). The van der Waals surface area contributed by atoms with Gasteiger partial charge in [0.05, 0.1) is 24.3 Å². The highest BCUT2D eigenvalue weighted by Crippen LogP contribution is 2.23. The fourth-order valence-electron chi connectivity index (χ4n) is 4.09. The highest BCUT2D eigenvalue weighted by atomic mass is 16.5. The second-order valence-corrected chi connectivity index (χ2v) is 7.34. The number of ether oxygens (including phenoxy) is 1. The first-order chi connectivity index (χ1) is 11.4. The molecule has 3 atom stereocenters. The molecule has 2 fully saturated rings. The number of rotatable bonds is 4. The van der Waals surface area contributed by atoms with E-state index in [1.54, 1.807) is 0 Å². The van der Waals surface area contributed by atoms with Gasteiger partial charge in [-0.05, 0) is 40.5 Å². The van der Waals surface area contributed by atoms with Crippen LogP contribution in [0.2, 0.25) is 0 Å². The number of amides is 1. The van der Waals surface area contributed by atoms with Gasteiger partial charge in [-0.25, -0.2) is 0 Å². The molecule has 134 valence electrons. The van der Waals surface area contributed by atoms with Crippen molar-refractivity contribution >= 4 is 5.91 Å². The Balaban J connectivity index is 1.61. The Morgan fingerprint density at radius 1 is 1.25 bits per heavy atom. The van der Waals surface area contributed by atoms with Crippen LogP contribution in [-0.4, -0.2) is 65.3 Å². The molecule has 0 bridgehead atoms. The first kappa shape index (κ1) is 17.4. The predicted molar refractivity (Wildman–Crippen MR) is 90.9 cm³/mol. The van der Waals surface area contributed by atoms with Crippen LogP contribution >= 0.6 is 0 Å². The summed E-state index contributed by atoms with van der Waals surface area (Å²) in [5, 5.41) is 3.96. The largest absolute Gasteiger partial charge is 0.373 e. The van der Waals surface area contributed by atoms with Crippen molar-refractivity contribution in [3.63, 3.8) is 0 Å². The minimum Gasteiger partial charge on any atom is -0.373 e. The summed E-state index contributed by atoms with van der Waals surface area (Å²) in [4.78, 5) is 17.3. The topological polar surface area (TPSA) is 58.8 Å². The first-order valence-corrected chi connectivity index (χ1v) is 9.03. The van der Waals surface area contributed by atoms with Crippen LogP contribution in [0.5, 0.6) is 0 Å². The molecule has 0 N–H and O–H groups in total. The lowest BCUT2D eigenvalue weighted by Crippen LogP contribution is -2.51. The number of carbonyl (C=O) groups is 1. The SMILES string of the molecule is Cc1noc(C)c1CC(=O)N1CCC[C@@H]1CN1C[C@@H](C)O[C@@H](C)C1. The first-order valence-electron chi connectivity index (χ1n) is 9.03. The van der Waals surface area contributed by atoms with Gasteiger partial charge in [0.2, 0.25) is 5.91 Å². The molecule has 0 unspecified atom stereocenters. The van der Waals surface area contributed by atoms with Gasteiger partial charge in [-0.3, -0.25) is 9.69 Å². The highest BCUT2D eigenvalue weighted by molar-refractivity contribution is 5.79. The Morgan fingerprint density at radius 3 is 2.58 bits per heavy atom. The summed E-state index contributed by atoms with van der Waals surface area (Å²) in [5.41, 5.74) is 1.77. The molecular formula is C18H29N3O3. The van der Waals surface area contributed by atoms with Crippen molar-refractivity contribution in [3.8, 4) is 0 Å². The molecular weight excluding hydrogens is 306 g/mol. The number of likely N-dealkylation sites (tertiary alicyclic amines) is 1. The third kappa shape index (κ3) is 3.81. The van der Waals surface area contributed by atoms with E-state index in [2.05, 4.69) is 28.8 Å². The zero-order valence-electron chi connectivity index (χ0n) is 15.2. The summed E-state index contributed by atoms with van der Waals surface area (Å²) < 4.78 is 11.0. The van der Waals surface area contributed by atoms with Gasteiger partial charge in [-0.2, -0.15) is 0 Å². The van der Waals surface area contributed by atoms with E-state index in [0.29, 0.717) is 12.5 Å². The lowest BCUT2D eigenvalue weighted by molar-refractivity contribution is -0.132. The van der Waals surface area contributed by atoms with Gasteiger partial charge in [0.25, 0.3) is 0 Å². The summed E-state index contributed by atoms with van der Waals surface area (Å²) in [5.74, 6) is 0.952. The standard InChI is InChI=1S/C18H29N3O3/c1-12-9-20(10-13(2)23-12)11-16-6-5-7-21(16)18(22)8-17-14(3)19-24-15(17)4/h12-13,16H,5-11H2,1-4H3/t12-,13+,16-/m1/s1. The molecule has 3 heterocycles. The van der Waals surface area contributed by atoms with Crippen LogP contribution in [0, 0.1) is 13.8 Å². The number of hydrogen-bond acceptors (Lipinski definition) is 5. The van der Waals surface area contributed by atoms with Gasteiger partial charge >= 0.3 is 0 Å². The van der Waals surface area contributed by atoms with E-state index in [-0.39, 0.29) is 18.1 Å². The van der Waals surface area contributed by atoms with Crippen LogP contribution in [0.1, 0.15) is 43.7 Å². The molecule has 1 aromatic heterocycles. The molecule has 0 saturated carbocycles. The molecule has 0 aliphatic carbocycles. The normalized spacial score (nSPS) is 28.5. The van der Waals surface area contributed by atoms with Crippen molar-refractivity contribution in [2.45, 2.75) is 65.2 Å². The van der Waals surface area contributed by atoms with E-state index in [1.807, 2.05) is 13.8 Å². The highest BCUT2D eigenvalue weighted by Gasteiger charge is 2.32. The van der Waals surface area contributed by atoms with E-state index in [0.717, 1.165) is 56.0 Å². The molecule has 2 aliphatic heterocycles. The Bertz CT molecular complexity index is 557. The summed E-state index contributed by atoms with van der Waals surface area (Å²) in [6, 6.07) is 0.315. The molecule has 0 spiro atoms. The zero-order chi connectivity index (χ0) is 17.3. The van der Waals surface area contributed by atoms with Crippen molar-refractivity contribution in [3.05, 3.63) is 17.0 Å². The van der Waals surface area contributed by atoms with Crippen LogP contribution in [0.3, 0.4) is 0 Å². The Morgan fingerprint density at radius 2 is 1.96 bits per heavy atom. The number of aryl methyl sites for hydroxylation is 2. The van der Waals surface area contributed by atoms with E-state index in [9.17, 15) is 4.79 Å². The van der Waals surface area contributed by atoms with Crippen LogP contribution in [0.4, 0.5) is 0 Å². The Hall–Kier alpha value is -1.40. The second-order valence-electron chi connectivity index (χ2n) is 7.34. The lowest BCUT2D eigenvalue weighted by Gasteiger charge is -2.38. The smallest absolute Gasteiger partial charge is 0.227 e. The third-order valence-electron chi connectivity index (χ3n) is 5.17. The monoisotopic (exact) mass is 335 g/mol. The maximum absolute atomic E-state index is 12.8. The van der Waals surface area contributed by atoms with Crippen LogP contribution in [0.25, 0.3) is 0 Å². The van der Waals surface area contributed by atoms with Crippen molar-refractivity contribution in [2.24, 2.45) is 0 Å². The van der Waals surface area contributed by atoms with E-state index in [1.165, 1.54) is 0 Å². The molecule has 2 aliphatic rings. The third-order valence-corrected chi connectivity index (χ3v) is 5.17. The average Bonchev–Trinajstić information content (AvgIpc) is 3.08. The van der Waals surface area contributed by atoms with E-state index in [4.69, 9.17) is 9.26 Å². The Kier molecular flexibility index (Phi) is 5.25. The molecule has 6 nitrogen and oxygen atoms in total. The number of nitrogens with zero attached hydrogens (tertiary/aromatic N) is 3. The molecule has 1 amide bonds. The molecule has 6 heteroatoms. The molecule has 1 aromatic rings. The second kappa shape index (κ2) is 7.23. The van der Waals surface area contributed by atoms with E-state index >= 15 is 0 Å². The van der Waals surface area contributed by atoms with E-state index < -0.39 is 0 Å². The van der Waals surface area contributed by atoms with Crippen molar-refractivity contribution in [1.29, 1.82) is 0 Å². The summed E-state index contributed by atoms with van der Waals surface area (Å²) in [6.07, 6.45) is 3.11. The predicted octanol–water partition coefficient (Wildman–Crippen LogP) is 1.93. The summed E-state index contributed by atoms with van der Waals surface area (Å²) >= 11 is 0. The molecule has 0 aromatic carbocycles. The number of aromatic nitrogens is 1. The van der Waals surface area contributed by atoms with Gasteiger partial charge in [0.1, 0.15) is 5.76 Å². The quantitative estimate of drug-likeness (QED) is 0.841. The number of hydrogen-bond donors (Lipinski definition) is 0. The van der Waals surface area contributed by atoms with Crippen LogP contribution in [-0.2, 0) is 16.0 Å². The van der Waals surface area contributed by atoms with Crippen molar-refractivity contribution in [2.75, 3.05) is 26.2 Å². The van der Waals surface area contributed by atoms with Gasteiger partial charge in [-0.15, -0.1) is 0 Å². The lowest BCUT2D eigenvalue weighted by atomic mass is 10.1. The van der Waals surface area contributed by atoms with Crippen molar-refractivity contribution < 1.29 is 14.1 Å². The molecule has 2 saturated heterocycles. The molecule has 24 heavy (non-hydrogen) atoms. The van der Waals surface area contributed by atoms with Crippen molar-refractivity contribution in [1.82, 2.24) is 15.0 Å². The van der Waals surface area contributed by atoms with Gasteiger partial charge in [0, 0.05) is 37.8 Å². The maximum atomic E-state index is 12.8. The van der Waals surface area contributed by atoms with Gasteiger partial charge in [0.15, 0.2) is 0 Å². The fraction of sp³-hybridized carbons (Fsp3) is 0.778. The summed E-state index contributed by atoms with van der Waals surface area (Å²) in [6.45, 7) is 11.7. The summed E-state index contributed by atoms with van der Waals surface area (Å²) in [7, 11) is 0. The zero-order valence-corrected chi connectivity index (χ0v) is 15.2. The van der Waals surface area contributed by atoms with Gasteiger partial charge < -0.3 is 14.2 Å². The number of carbonyl (C=O) groups excluding carboxylic acids is 1. The average molecular weight is 335 g/mol. The molecule has 0 radical (unpaired) electrons. The Labute approximate surface area is 144 Å². The fourth-order valence-corrected chi connectivity index (χ4v) is 4.09. The van der Waals surface area contributed by atoms with Crippen LogP contribution in [0.15, 0.2) is 4.52 Å². The minimum absolute atomic E-state index is 0.196. The minimum atomic E-state index is 0.196. The maximum Gasteiger partial charge on any atom is 0.227 e. The van der Waals surface area contributed by atoms with Crippen LogP contribution < -0.4 is 0 Å². The van der Waals surface area contributed by atoms with Gasteiger partial charge in [-0.1, -0.05) is 5.16 Å². The number of morpholine rings is 1.